The Balaban J connectivity index is 1.95. The lowest BCUT2D eigenvalue weighted by atomic mass is 9.87. The van der Waals surface area contributed by atoms with Gasteiger partial charge < -0.3 is 8.83 Å². The van der Waals surface area contributed by atoms with E-state index in [4.69, 9.17) is 8.83 Å². The SMILES string of the molecule is O=c1occ(C2(Sc3ccccc3)CCCCC2)o1. The highest BCUT2D eigenvalue weighted by molar-refractivity contribution is 8.00. The van der Waals surface area contributed by atoms with Gasteiger partial charge in [-0.1, -0.05) is 37.5 Å². The van der Waals surface area contributed by atoms with Gasteiger partial charge in [-0.15, -0.1) is 11.8 Å². The van der Waals surface area contributed by atoms with Gasteiger partial charge in [-0.05, 0) is 25.0 Å². The molecular formula is C15H16O3S. The maximum atomic E-state index is 11.2. The predicted molar refractivity (Wildman–Crippen MR) is 74.3 cm³/mol. The van der Waals surface area contributed by atoms with Crippen molar-refractivity contribution >= 4 is 11.8 Å². The minimum atomic E-state index is -0.603. The lowest BCUT2D eigenvalue weighted by Crippen LogP contribution is -2.24. The summed E-state index contributed by atoms with van der Waals surface area (Å²) < 4.78 is 9.95. The monoisotopic (exact) mass is 276 g/mol. The van der Waals surface area contributed by atoms with Crippen LogP contribution < -0.4 is 5.82 Å². The molecule has 0 amide bonds. The summed E-state index contributed by atoms with van der Waals surface area (Å²) in [6.45, 7) is 0. The molecule has 1 aliphatic carbocycles. The van der Waals surface area contributed by atoms with Gasteiger partial charge >= 0.3 is 5.82 Å². The third-order valence-corrected chi connectivity index (χ3v) is 5.13. The molecule has 2 aromatic rings. The van der Waals surface area contributed by atoms with Crippen LogP contribution in [0.3, 0.4) is 0 Å². The Kier molecular flexibility index (Phi) is 3.51. The van der Waals surface area contributed by atoms with Crippen molar-refractivity contribution < 1.29 is 8.83 Å². The molecular weight excluding hydrogens is 260 g/mol. The number of benzene rings is 1. The summed E-state index contributed by atoms with van der Waals surface area (Å²) in [5, 5.41) is 0. The number of hydrogen-bond donors (Lipinski definition) is 0. The first-order valence-electron chi connectivity index (χ1n) is 6.62. The van der Waals surface area contributed by atoms with E-state index in [2.05, 4.69) is 12.1 Å². The van der Waals surface area contributed by atoms with Crippen LogP contribution in [0.5, 0.6) is 0 Å². The minimum absolute atomic E-state index is 0.147. The van der Waals surface area contributed by atoms with Crippen molar-refractivity contribution in [3.05, 3.63) is 53.0 Å². The Bertz CT molecular complexity index is 579. The normalized spacial score (nSPS) is 18.3. The second-order valence-electron chi connectivity index (χ2n) is 4.92. The van der Waals surface area contributed by atoms with Crippen LogP contribution in [0.25, 0.3) is 0 Å². The minimum Gasteiger partial charge on any atom is -0.399 e. The molecule has 3 nitrogen and oxygen atoms in total. The van der Waals surface area contributed by atoms with Gasteiger partial charge in [0, 0.05) is 4.90 Å². The van der Waals surface area contributed by atoms with Crippen LogP contribution >= 0.6 is 11.8 Å². The molecule has 0 spiro atoms. The van der Waals surface area contributed by atoms with Gasteiger partial charge in [0.1, 0.15) is 6.26 Å². The van der Waals surface area contributed by atoms with Crippen LogP contribution in [0, 0.1) is 0 Å². The Hall–Kier alpha value is -1.42. The topological polar surface area (TPSA) is 43.4 Å². The van der Waals surface area contributed by atoms with Gasteiger partial charge in [0.05, 0.1) is 4.75 Å². The van der Waals surface area contributed by atoms with E-state index in [9.17, 15) is 4.79 Å². The Labute approximate surface area is 116 Å². The number of rotatable bonds is 3. The van der Waals surface area contributed by atoms with Crippen LogP contribution in [0.4, 0.5) is 0 Å². The fraction of sp³-hybridized carbons (Fsp3) is 0.400. The molecule has 1 aliphatic rings. The summed E-state index contributed by atoms with van der Waals surface area (Å²) in [4.78, 5) is 12.4. The summed E-state index contributed by atoms with van der Waals surface area (Å²) >= 11 is 1.79. The lowest BCUT2D eigenvalue weighted by molar-refractivity contribution is 0.318. The molecule has 0 N–H and O–H groups in total. The van der Waals surface area contributed by atoms with E-state index in [1.807, 2.05) is 18.2 Å². The van der Waals surface area contributed by atoms with Crippen LogP contribution in [0.15, 0.2) is 55.1 Å². The van der Waals surface area contributed by atoms with Crippen molar-refractivity contribution in [3.8, 4) is 0 Å². The third kappa shape index (κ3) is 2.63. The van der Waals surface area contributed by atoms with E-state index >= 15 is 0 Å². The van der Waals surface area contributed by atoms with Crippen LogP contribution in [0.2, 0.25) is 0 Å². The smallest absolute Gasteiger partial charge is 0.399 e. The van der Waals surface area contributed by atoms with Crippen LogP contribution in [0.1, 0.15) is 37.9 Å². The highest BCUT2D eigenvalue weighted by Crippen LogP contribution is 2.50. The molecule has 1 aromatic heterocycles. The van der Waals surface area contributed by atoms with E-state index in [0.29, 0.717) is 5.76 Å². The number of thioether (sulfide) groups is 1. The molecule has 1 heterocycles. The van der Waals surface area contributed by atoms with E-state index in [1.54, 1.807) is 11.8 Å². The average molecular weight is 276 g/mol. The van der Waals surface area contributed by atoms with Crippen molar-refractivity contribution in [1.29, 1.82) is 0 Å². The molecule has 0 radical (unpaired) electrons. The fourth-order valence-electron chi connectivity index (χ4n) is 2.68. The molecule has 0 atom stereocenters. The zero-order valence-electron chi connectivity index (χ0n) is 10.6. The van der Waals surface area contributed by atoms with E-state index in [0.717, 1.165) is 25.7 Å². The van der Waals surface area contributed by atoms with Crippen molar-refractivity contribution in [2.45, 2.75) is 41.7 Å². The quantitative estimate of drug-likeness (QED) is 0.843. The first kappa shape index (κ1) is 12.6. The Morgan fingerprint density at radius 1 is 1.05 bits per heavy atom. The molecule has 1 aromatic carbocycles. The Morgan fingerprint density at radius 2 is 1.79 bits per heavy atom. The number of hydrogen-bond acceptors (Lipinski definition) is 4. The van der Waals surface area contributed by atoms with Gasteiger partial charge in [0.15, 0.2) is 5.76 Å². The molecule has 1 fully saturated rings. The first-order valence-corrected chi connectivity index (χ1v) is 7.43. The van der Waals surface area contributed by atoms with Gasteiger partial charge in [0.2, 0.25) is 0 Å². The van der Waals surface area contributed by atoms with Crippen LogP contribution in [-0.4, -0.2) is 0 Å². The zero-order valence-corrected chi connectivity index (χ0v) is 11.4. The van der Waals surface area contributed by atoms with Crippen molar-refractivity contribution in [2.24, 2.45) is 0 Å². The first-order chi connectivity index (χ1) is 9.28. The van der Waals surface area contributed by atoms with Crippen molar-refractivity contribution in [1.82, 2.24) is 0 Å². The fourth-order valence-corrected chi connectivity index (χ4v) is 4.10. The summed E-state index contributed by atoms with van der Waals surface area (Å²) in [6, 6.07) is 10.3. The van der Waals surface area contributed by atoms with Gasteiger partial charge in [-0.2, -0.15) is 0 Å². The zero-order chi connectivity index (χ0) is 13.1. The molecule has 0 unspecified atom stereocenters. The molecule has 0 bridgehead atoms. The molecule has 0 aliphatic heterocycles. The predicted octanol–water partition coefficient (Wildman–Crippen LogP) is 4.18. The van der Waals surface area contributed by atoms with Gasteiger partial charge in [0.25, 0.3) is 0 Å². The molecule has 1 saturated carbocycles. The standard InChI is InChI=1S/C15H16O3S/c16-14-17-11-13(18-14)15(9-5-2-6-10-15)19-12-7-3-1-4-8-12/h1,3-4,7-8,11H,2,5-6,9-10H2. The second kappa shape index (κ2) is 5.29. The average Bonchev–Trinajstić information content (AvgIpc) is 2.88. The highest BCUT2D eigenvalue weighted by Gasteiger charge is 2.38. The van der Waals surface area contributed by atoms with E-state index < -0.39 is 5.82 Å². The van der Waals surface area contributed by atoms with Gasteiger partial charge in [-0.3, -0.25) is 0 Å². The highest BCUT2D eigenvalue weighted by atomic mass is 32.2. The molecule has 19 heavy (non-hydrogen) atoms. The molecule has 100 valence electrons. The van der Waals surface area contributed by atoms with E-state index in [1.165, 1.54) is 17.6 Å². The summed E-state index contributed by atoms with van der Waals surface area (Å²) in [7, 11) is 0. The molecule has 0 saturated heterocycles. The summed E-state index contributed by atoms with van der Waals surface area (Å²) in [5.41, 5.74) is 0. The Morgan fingerprint density at radius 3 is 2.42 bits per heavy atom. The third-order valence-electron chi connectivity index (χ3n) is 3.62. The van der Waals surface area contributed by atoms with Crippen molar-refractivity contribution in [2.75, 3.05) is 0 Å². The van der Waals surface area contributed by atoms with E-state index in [-0.39, 0.29) is 4.75 Å². The summed E-state index contributed by atoms with van der Waals surface area (Å²) in [5.74, 6) is 0.0830. The largest absolute Gasteiger partial charge is 0.518 e. The molecule has 4 heteroatoms. The maximum absolute atomic E-state index is 11.2. The second-order valence-corrected chi connectivity index (χ2v) is 6.38. The van der Waals surface area contributed by atoms with Crippen LogP contribution in [-0.2, 0) is 4.75 Å². The molecule has 3 rings (SSSR count). The van der Waals surface area contributed by atoms with Crippen molar-refractivity contribution in [3.63, 3.8) is 0 Å². The lowest BCUT2D eigenvalue weighted by Gasteiger charge is -2.34. The maximum Gasteiger partial charge on any atom is 0.518 e. The summed E-state index contributed by atoms with van der Waals surface area (Å²) in [6.07, 6.45) is 7.11. The van der Waals surface area contributed by atoms with Gasteiger partial charge in [-0.25, -0.2) is 4.79 Å².